The third-order valence-corrected chi connectivity index (χ3v) is 4.29. The summed E-state index contributed by atoms with van der Waals surface area (Å²) in [5, 5.41) is 3.38. The molecule has 4 rings (SSSR count). The van der Waals surface area contributed by atoms with E-state index in [1.165, 1.54) is 6.07 Å². The first-order valence-corrected chi connectivity index (χ1v) is 8.63. The zero-order chi connectivity index (χ0) is 19.5. The number of carbonyl (C=O) groups is 1. The van der Waals surface area contributed by atoms with Crippen LogP contribution in [0, 0.1) is 0 Å². The van der Waals surface area contributed by atoms with E-state index >= 15 is 0 Å². The standard InChI is InChI=1S/C21H17N3O4/c1-24-11-10-22-19(24)13-27-16-8-6-15(7-9-16)23-20(25)17-12-14-4-2-3-5-18(14)28-21(17)26/h2-12H,13H2,1H3,(H,23,25). The molecular weight excluding hydrogens is 358 g/mol. The summed E-state index contributed by atoms with van der Waals surface area (Å²) in [7, 11) is 1.90. The lowest BCUT2D eigenvalue weighted by molar-refractivity contribution is 0.102. The molecule has 28 heavy (non-hydrogen) atoms. The van der Waals surface area contributed by atoms with Crippen molar-refractivity contribution in [3.8, 4) is 5.75 Å². The number of nitrogens with zero attached hydrogens (tertiary/aromatic N) is 2. The van der Waals surface area contributed by atoms with Crippen molar-refractivity contribution in [2.45, 2.75) is 6.61 Å². The summed E-state index contributed by atoms with van der Waals surface area (Å²) in [6, 6.07) is 15.5. The number of benzene rings is 2. The summed E-state index contributed by atoms with van der Waals surface area (Å²) < 4.78 is 12.8. The quantitative estimate of drug-likeness (QED) is 0.541. The Morgan fingerprint density at radius 1 is 1.18 bits per heavy atom. The third-order valence-electron chi connectivity index (χ3n) is 4.29. The highest BCUT2D eigenvalue weighted by atomic mass is 16.5. The van der Waals surface area contributed by atoms with Crippen LogP contribution in [0.3, 0.4) is 0 Å². The van der Waals surface area contributed by atoms with Gasteiger partial charge in [0.05, 0.1) is 0 Å². The molecule has 0 saturated heterocycles. The van der Waals surface area contributed by atoms with Gasteiger partial charge in [0.25, 0.3) is 5.91 Å². The topological polar surface area (TPSA) is 86.4 Å². The summed E-state index contributed by atoms with van der Waals surface area (Å²) in [6.45, 7) is 0.341. The van der Waals surface area contributed by atoms with Crippen LogP contribution in [-0.2, 0) is 13.7 Å². The molecular formula is C21H17N3O4. The molecule has 2 aromatic carbocycles. The maximum Gasteiger partial charge on any atom is 0.349 e. The van der Waals surface area contributed by atoms with E-state index in [2.05, 4.69) is 10.3 Å². The molecule has 1 amide bonds. The first kappa shape index (κ1) is 17.5. The number of carbonyl (C=O) groups excluding carboxylic acids is 1. The van der Waals surface area contributed by atoms with Gasteiger partial charge in [-0.2, -0.15) is 0 Å². The number of nitrogens with one attached hydrogen (secondary N) is 1. The molecule has 0 aliphatic heterocycles. The molecule has 0 fully saturated rings. The Balaban J connectivity index is 1.45. The van der Waals surface area contributed by atoms with Crippen molar-refractivity contribution >= 4 is 22.6 Å². The Bertz CT molecular complexity index is 1190. The lowest BCUT2D eigenvalue weighted by atomic mass is 10.1. The van der Waals surface area contributed by atoms with E-state index in [9.17, 15) is 9.59 Å². The van der Waals surface area contributed by atoms with Crippen LogP contribution >= 0.6 is 0 Å². The highest BCUT2D eigenvalue weighted by Crippen LogP contribution is 2.18. The summed E-state index contributed by atoms with van der Waals surface area (Å²) in [5.41, 5.74) is 0.264. The Hall–Kier alpha value is -3.87. The van der Waals surface area contributed by atoms with Gasteiger partial charge < -0.3 is 19.0 Å². The second-order valence-corrected chi connectivity index (χ2v) is 6.21. The molecule has 0 radical (unpaired) electrons. The zero-order valence-electron chi connectivity index (χ0n) is 15.1. The number of fused-ring (bicyclic) bond motifs is 1. The predicted molar refractivity (Wildman–Crippen MR) is 104 cm³/mol. The number of hydrogen-bond donors (Lipinski definition) is 1. The lowest BCUT2D eigenvalue weighted by Gasteiger charge is -2.08. The largest absolute Gasteiger partial charge is 0.486 e. The van der Waals surface area contributed by atoms with E-state index < -0.39 is 11.5 Å². The average molecular weight is 375 g/mol. The number of aryl methyl sites for hydroxylation is 1. The molecule has 0 saturated carbocycles. The van der Waals surface area contributed by atoms with Gasteiger partial charge >= 0.3 is 5.63 Å². The third kappa shape index (κ3) is 3.64. The first-order chi connectivity index (χ1) is 13.6. The molecule has 0 unspecified atom stereocenters. The normalized spacial score (nSPS) is 10.8. The van der Waals surface area contributed by atoms with Gasteiger partial charge in [0.1, 0.15) is 29.3 Å². The smallest absolute Gasteiger partial charge is 0.349 e. The summed E-state index contributed by atoms with van der Waals surface area (Å²) in [5.74, 6) is 0.924. The van der Waals surface area contributed by atoms with Crippen LogP contribution in [0.15, 0.2) is 76.2 Å². The van der Waals surface area contributed by atoms with Crippen LogP contribution < -0.4 is 15.7 Å². The van der Waals surface area contributed by atoms with Gasteiger partial charge in [0.2, 0.25) is 0 Å². The molecule has 0 aliphatic rings. The molecule has 140 valence electrons. The average Bonchev–Trinajstić information content (AvgIpc) is 3.11. The van der Waals surface area contributed by atoms with Gasteiger partial charge in [-0.3, -0.25) is 4.79 Å². The van der Waals surface area contributed by atoms with Crippen molar-refractivity contribution in [1.82, 2.24) is 9.55 Å². The van der Waals surface area contributed by atoms with Crippen LogP contribution in [0.4, 0.5) is 5.69 Å². The number of aromatic nitrogens is 2. The number of ether oxygens (including phenoxy) is 1. The fourth-order valence-corrected chi connectivity index (χ4v) is 2.74. The molecule has 0 bridgehead atoms. The van der Waals surface area contributed by atoms with Crippen molar-refractivity contribution in [3.63, 3.8) is 0 Å². The van der Waals surface area contributed by atoms with Crippen molar-refractivity contribution in [2.24, 2.45) is 7.05 Å². The minimum Gasteiger partial charge on any atom is -0.486 e. The van der Waals surface area contributed by atoms with E-state index in [0.29, 0.717) is 29.0 Å². The summed E-state index contributed by atoms with van der Waals surface area (Å²) in [4.78, 5) is 28.8. The fourth-order valence-electron chi connectivity index (χ4n) is 2.74. The molecule has 1 N–H and O–H groups in total. The second kappa shape index (κ2) is 7.40. The molecule has 0 atom stereocenters. The van der Waals surface area contributed by atoms with Gasteiger partial charge in [0.15, 0.2) is 0 Å². The van der Waals surface area contributed by atoms with Crippen molar-refractivity contribution in [2.75, 3.05) is 5.32 Å². The minimum atomic E-state index is -0.675. The van der Waals surface area contributed by atoms with Crippen LogP contribution in [0.2, 0.25) is 0 Å². The van der Waals surface area contributed by atoms with E-state index in [-0.39, 0.29) is 5.56 Å². The van der Waals surface area contributed by atoms with Gasteiger partial charge in [0, 0.05) is 30.5 Å². The van der Waals surface area contributed by atoms with Crippen LogP contribution in [-0.4, -0.2) is 15.5 Å². The maximum absolute atomic E-state index is 12.5. The Labute approximate surface area is 160 Å². The van der Waals surface area contributed by atoms with E-state index in [0.717, 1.165) is 5.82 Å². The van der Waals surface area contributed by atoms with Crippen molar-refractivity contribution in [3.05, 3.63) is 88.8 Å². The molecule has 7 nitrogen and oxygen atoms in total. The van der Waals surface area contributed by atoms with Gasteiger partial charge in [-0.15, -0.1) is 0 Å². The molecule has 7 heteroatoms. The SMILES string of the molecule is Cn1ccnc1COc1ccc(NC(=O)c2cc3ccccc3oc2=O)cc1. The number of imidazole rings is 1. The molecule has 0 aliphatic carbocycles. The van der Waals surface area contributed by atoms with Crippen molar-refractivity contribution in [1.29, 1.82) is 0 Å². The Kier molecular flexibility index (Phi) is 4.63. The van der Waals surface area contributed by atoms with Gasteiger partial charge in [-0.1, -0.05) is 18.2 Å². The lowest BCUT2D eigenvalue weighted by Crippen LogP contribution is -2.20. The van der Waals surface area contributed by atoms with Crippen molar-refractivity contribution < 1.29 is 13.9 Å². The molecule has 4 aromatic rings. The zero-order valence-corrected chi connectivity index (χ0v) is 15.1. The van der Waals surface area contributed by atoms with E-state index in [1.54, 1.807) is 48.7 Å². The highest BCUT2D eigenvalue weighted by molar-refractivity contribution is 6.05. The van der Waals surface area contributed by atoms with E-state index in [4.69, 9.17) is 9.15 Å². The monoisotopic (exact) mass is 375 g/mol. The second-order valence-electron chi connectivity index (χ2n) is 6.21. The summed E-state index contributed by atoms with van der Waals surface area (Å²) in [6.07, 6.45) is 3.56. The number of hydrogen-bond acceptors (Lipinski definition) is 5. The Morgan fingerprint density at radius 3 is 2.71 bits per heavy atom. The number of anilines is 1. The van der Waals surface area contributed by atoms with Crippen LogP contribution in [0.25, 0.3) is 11.0 Å². The predicted octanol–water partition coefficient (Wildman–Crippen LogP) is 3.36. The first-order valence-electron chi connectivity index (χ1n) is 8.63. The molecule has 0 spiro atoms. The maximum atomic E-state index is 12.5. The van der Waals surface area contributed by atoms with Crippen LogP contribution in [0.5, 0.6) is 5.75 Å². The highest BCUT2D eigenvalue weighted by Gasteiger charge is 2.14. The number of rotatable bonds is 5. The van der Waals surface area contributed by atoms with E-state index in [1.807, 2.05) is 23.9 Å². The summed E-state index contributed by atoms with van der Waals surface area (Å²) >= 11 is 0. The van der Waals surface area contributed by atoms with Gasteiger partial charge in [-0.05, 0) is 36.4 Å². The number of amides is 1. The molecule has 2 aromatic heterocycles. The molecule has 2 heterocycles. The van der Waals surface area contributed by atoms with Crippen LogP contribution in [0.1, 0.15) is 16.2 Å². The fraction of sp³-hybridized carbons (Fsp3) is 0.0952. The van der Waals surface area contributed by atoms with Gasteiger partial charge in [-0.25, -0.2) is 9.78 Å². The minimum absolute atomic E-state index is 0.0474. The number of para-hydroxylation sites is 1. The Morgan fingerprint density at radius 2 is 1.96 bits per heavy atom.